The topological polar surface area (TPSA) is 66.6 Å². The minimum atomic E-state index is 0.564. The molecule has 5 nitrogen and oxygen atoms in total. The van der Waals surface area contributed by atoms with Gasteiger partial charge in [0.15, 0.2) is 11.5 Å². The highest BCUT2D eigenvalue weighted by Gasteiger charge is 2.11. The van der Waals surface area contributed by atoms with Gasteiger partial charge in [-0.05, 0) is 47.4 Å². The zero-order valence-corrected chi connectivity index (χ0v) is 17.1. The molecule has 0 aliphatic rings. The Bertz CT molecular complexity index is 1140. The molecule has 1 heterocycles. The van der Waals surface area contributed by atoms with E-state index in [-0.39, 0.29) is 0 Å². The SMILES string of the molecule is COc1cc2nccc(Oc3ccc(Cc4ccc(CN)cc4)cc3)c2cc1OC. The first kappa shape index (κ1) is 19.7. The second kappa shape index (κ2) is 8.84. The van der Waals surface area contributed by atoms with Gasteiger partial charge in [-0.15, -0.1) is 0 Å². The summed E-state index contributed by atoms with van der Waals surface area (Å²) in [7, 11) is 3.22. The van der Waals surface area contributed by atoms with E-state index in [0.717, 1.165) is 28.6 Å². The largest absolute Gasteiger partial charge is 0.493 e. The molecule has 152 valence electrons. The van der Waals surface area contributed by atoms with E-state index in [1.54, 1.807) is 20.4 Å². The summed E-state index contributed by atoms with van der Waals surface area (Å²) in [5, 5.41) is 0.860. The predicted octanol–water partition coefficient (Wildman–Crippen LogP) is 5.09. The molecule has 0 aliphatic carbocycles. The molecule has 1 aromatic heterocycles. The predicted molar refractivity (Wildman–Crippen MR) is 119 cm³/mol. The monoisotopic (exact) mass is 400 g/mol. The quantitative estimate of drug-likeness (QED) is 0.468. The molecule has 0 atom stereocenters. The van der Waals surface area contributed by atoms with Gasteiger partial charge in [0.2, 0.25) is 0 Å². The molecule has 5 heteroatoms. The fraction of sp³-hybridized carbons (Fsp3) is 0.160. The summed E-state index contributed by atoms with van der Waals surface area (Å²) in [6.45, 7) is 0.564. The van der Waals surface area contributed by atoms with Crippen molar-refractivity contribution in [2.75, 3.05) is 14.2 Å². The fourth-order valence-corrected chi connectivity index (χ4v) is 3.37. The van der Waals surface area contributed by atoms with Crippen LogP contribution in [-0.4, -0.2) is 19.2 Å². The Morgan fingerprint density at radius 3 is 1.97 bits per heavy atom. The lowest BCUT2D eigenvalue weighted by atomic mass is 10.0. The second-order valence-corrected chi connectivity index (χ2v) is 6.98. The zero-order valence-electron chi connectivity index (χ0n) is 17.1. The number of rotatable bonds is 7. The summed E-state index contributed by atoms with van der Waals surface area (Å²) in [4.78, 5) is 4.42. The van der Waals surface area contributed by atoms with Gasteiger partial charge in [-0.3, -0.25) is 4.98 Å². The van der Waals surface area contributed by atoms with Gasteiger partial charge in [0.1, 0.15) is 11.5 Å². The third-order valence-electron chi connectivity index (χ3n) is 5.02. The third-order valence-corrected chi connectivity index (χ3v) is 5.02. The molecule has 0 saturated heterocycles. The van der Waals surface area contributed by atoms with Crippen LogP contribution in [0.5, 0.6) is 23.0 Å². The molecular weight excluding hydrogens is 376 g/mol. The molecule has 0 radical (unpaired) electrons. The number of benzene rings is 3. The highest BCUT2D eigenvalue weighted by atomic mass is 16.5. The minimum Gasteiger partial charge on any atom is -0.493 e. The Morgan fingerprint density at radius 2 is 1.33 bits per heavy atom. The van der Waals surface area contributed by atoms with Gasteiger partial charge in [0, 0.05) is 24.2 Å². The number of hydrogen-bond donors (Lipinski definition) is 1. The highest BCUT2D eigenvalue weighted by molar-refractivity contribution is 5.88. The van der Waals surface area contributed by atoms with Gasteiger partial charge < -0.3 is 19.9 Å². The maximum Gasteiger partial charge on any atom is 0.162 e. The van der Waals surface area contributed by atoms with Crippen molar-refractivity contribution in [1.82, 2.24) is 4.98 Å². The third kappa shape index (κ3) is 4.21. The van der Waals surface area contributed by atoms with E-state index in [1.807, 2.05) is 30.3 Å². The molecular formula is C25H24N2O3. The lowest BCUT2D eigenvalue weighted by Crippen LogP contribution is -1.96. The molecule has 0 spiro atoms. The zero-order chi connectivity index (χ0) is 20.9. The maximum absolute atomic E-state index is 6.15. The summed E-state index contributed by atoms with van der Waals surface area (Å²) < 4.78 is 16.9. The number of hydrogen-bond acceptors (Lipinski definition) is 5. The molecule has 0 bridgehead atoms. The fourth-order valence-electron chi connectivity index (χ4n) is 3.37. The van der Waals surface area contributed by atoms with Gasteiger partial charge in [0.25, 0.3) is 0 Å². The molecule has 30 heavy (non-hydrogen) atoms. The van der Waals surface area contributed by atoms with Gasteiger partial charge >= 0.3 is 0 Å². The lowest BCUT2D eigenvalue weighted by Gasteiger charge is -2.12. The van der Waals surface area contributed by atoms with Gasteiger partial charge in [0.05, 0.1) is 19.7 Å². The van der Waals surface area contributed by atoms with Crippen LogP contribution in [0.25, 0.3) is 10.9 Å². The summed E-state index contributed by atoms with van der Waals surface area (Å²) in [5.74, 6) is 2.75. The molecule has 0 fully saturated rings. The van der Waals surface area contributed by atoms with Crippen molar-refractivity contribution in [3.63, 3.8) is 0 Å². The smallest absolute Gasteiger partial charge is 0.162 e. The van der Waals surface area contributed by atoms with E-state index < -0.39 is 0 Å². The van der Waals surface area contributed by atoms with Gasteiger partial charge in [-0.1, -0.05) is 36.4 Å². The minimum absolute atomic E-state index is 0.564. The van der Waals surface area contributed by atoms with Gasteiger partial charge in [-0.25, -0.2) is 0 Å². The first-order valence-electron chi connectivity index (χ1n) is 9.75. The highest BCUT2D eigenvalue weighted by Crippen LogP contribution is 2.36. The van der Waals surface area contributed by atoms with Crippen molar-refractivity contribution in [1.29, 1.82) is 0 Å². The second-order valence-electron chi connectivity index (χ2n) is 6.98. The van der Waals surface area contributed by atoms with Gasteiger partial charge in [-0.2, -0.15) is 0 Å². The van der Waals surface area contributed by atoms with E-state index in [1.165, 1.54) is 11.1 Å². The van der Waals surface area contributed by atoms with Crippen LogP contribution in [0.2, 0.25) is 0 Å². The normalized spacial score (nSPS) is 10.8. The van der Waals surface area contributed by atoms with Crippen molar-refractivity contribution < 1.29 is 14.2 Å². The summed E-state index contributed by atoms with van der Waals surface area (Å²) >= 11 is 0. The Balaban J connectivity index is 1.54. The number of aromatic nitrogens is 1. The van der Waals surface area contributed by atoms with E-state index in [2.05, 4.69) is 41.4 Å². The van der Waals surface area contributed by atoms with Crippen molar-refractivity contribution in [2.45, 2.75) is 13.0 Å². The first-order valence-corrected chi connectivity index (χ1v) is 9.75. The Labute approximate surface area is 176 Å². The molecule has 4 rings (SSSR count). The molecule has 3 aromatic carbocycles. The number of ether oxygens (including phenoxy) is 3. The number of methoxy groups -OCH3 is 2. The molecule has 2 N–H and O–H groups in total. The summed E-state index contributed by atoms with van der Waals surface area (Å²) in [6, 6.07) is 22.1. The van der Waals surface area contributed by atoms with E-state index in [4.69, 9.17) is 19.9 Å². The van der Waals surface area contributed by atoms with Crippen molar-refractivity contribution in [3.05, 3.63) is 89.6 Å². The molecule has 0 aliphatic heterocycles. The molecule has 0 unspecified atom stereocenters. The van der Waals surface area contributed by atoms with Crippen molar-refractivity contribution in [3.8, 4) is 23.0 Å². The number of nitrogens with two attached hydrogens (primary N) is 1. The molecule has 0 amide bonds. The average Bonchev–Trinajstić information content (AvgIpc) is 2.80. The maximum atomic E-state index is 6.15. The van der Waals surface area contributed by atoms with Crippen LogP contribution in [0, 0.1) is 0 Å². The first-order chi connectivity index (χ1) is 14.7. The van der Waals surface area contributed by atoms with Crippen LogP contribution in [0.1, 0.15) is 16.7 Å². The van der Waals surface area contributed by atoms with Crippen LogP contribution >= 0.6 is 0 Å². The van der Waals surface area contributed by atoms with Crippen LogP contribution < -0.4 is 19.9 Å². The van der Waals surface area contributed by atoms with E-state index >= 15 is 0 Å². The van der Waals surface area contributed by atoms with Crippen LogP contribution in [0.3, 0.4) is 0 Å². The standard InChI is InChI=1S/C25H24N2O3/c1-28-24-14-21-22(15-25(24)29-2)27-12-11-23(21)30-20-9-7-18(8-10-20)13-17-3-5-19(16-26)6-4-17/h3-12,14-15H,13,16,26H2,1-2H3. The Hall–Kier alpha value is -3.57. The van der Waals surface area contributed by atoms with Crippen LogP contribution in [-0.2, 0) is 13.0 Å². The average molecular weight is 400 g/mol. The number of nitrogens with zero attached hydrogens (tertiary/aromatic N) is 1. The Kier molecular flexibility index (Phi) is 5.82. The Morgan fingerprint density at radius 1 is 0.733 bits per heavy atom. The lowest BCUT2D eigenvalue weighted by molar-refractivity contribution is 0.355. The van der Waals surface area contributed by atoms with Crippen LogP contribution in [0.4, 0.5) is 0 Å². The van der Waals surface area contributed by atoms with Crippen molar-refractivity contribution in [2.24, 2.45) is 5.73 Å². The summed E-state index contributed by atoms with van der Waals surface area (Å²) in [6.07, 6.45) is 2.59. The molecule has 4 aromatic rings. The number of pyridine rings is 1. The van der Waals surface area contributed by atoms with E-state index in [0.29, 0.717) is 23.8 Å². The molecule has 0 saturated carbocycles. The van der Waals surface area contributed by atoms with Crippen molar-refractivity contribution >= 4 is 10.9 Å². The summed E-state index contributed by atoms with van der Waals surface area (Å²) in [5.41, 5.74) is 10.1. The van der Waals surface area contributed by atoms with E-state index in [9.17, 15) is 0 Å². The number of fused-ring (bicyclic) bond motifs is 1. The van der Waals surface area contributed by atoms with Crippen LogP contribution in [0.15, 0.2) is 72.9 Å².